The van der Waals surface area contributed by atoms with Crippen molar-refractivity contribution in [3.63, 3.8) is 0 Å². The molecule has 0 rings (SSSR count). The maximum atomic E-state index is 10.7. The van der Waals surface area contributed by atoms with E-state index in [4.69, 9.17) is 11.6 Å². The Bertz CT molecular complexity index is 197. The van der Waals surface area contributed by atoms with Crippen molar-refractivity contribution < 1.29 is 4.79 Å². The summed E-state index contributed by atoms with van der Waals surface area (Å²) >= 11 is 5.32. The molecule has 88 valence electrons. The zero-order chi connectivity index (χ0) is 11.5. The number of hydrogen-bond donors (Lipinski definition) is 0. The first-order valence-corrected chi connectivity index (χ1v) is 6.43. The molecule has 0 saturated heterocycles. The molecule has 15 heavy (non-hydrogen) atoms. The lowest BCUT2D eigenvalue weighted by Crippen LogP contribution is -1.87. The molecule has 0 aliphatic rings. The van der Waals surface area contributed by atoms with E-state index in [1.807, 2.05) is 6.08 Å². The summed E-state index contributed by atoms with van der Waals surface area (Å²) in [4.78, 5) is 10.7. The molecule has 0 saturated carbocycles. The number of carbonyl (C=O) groups excluding carboxylic acids is 1. The lowest BCUT2D eigenvalue weighted by Gasteiger charge is -1.99. The molecule has 0 aliphatic heterocycles. The summed E-state index contributed by atoms with van der Waals surface area (Å²) in [6, 6.07) is 0. The quantitative estimate of drug-likeness (QED) is 0.315. The molecule has 1 nitrogen and oxygen atoms in total. The number of carbonyl (C=O) groups is 1. The predicted octanol–water partition coefficient (Wildman–Crippen LogP) is 4.84. The summed E-state index contributed by atoms with van der Waals surface area (Å²) in [7, 11) is 0. The van der Waals surface area contributed by atoms with Crippen molar-refractivity contribution >= 4 is 16.8 Å². The van der Waals surface area contributed by atoms with Gasteiger partial charge in [0, 0.05) is 5.57 Å². The lowest BCUT2D eigenvalue weighted by molar-refractivity contribution is -0.108. The standard InChI is InChI=1S/C13H23ClO/c1-3-4-5-6-7-8-9-10-11-12(2)13(14)15/h11H,3-10H2,1-2H3/b12-11+. The Morgan fingerprint density at radius 2 is 1.60 bits per heavy atom. The van der Waals surface area contributed by atoms with Crippen LogP contribution >= 0.6 is 11.6 Å². The summed E-state index contributed by atoms with van der Waals surface area (Å²) in [5.41, 5.74) is 0.683. The molecular weight excluding hydrogens is 208 g/mol. The Hall–Kier alpha value is -0.300. The summed E-state index contributed by atoms with van der Waals surface area (Å²) in [6.07, 6.45) is 12.1. The van der Waals surface area contributed by atoms with Crippen LogP contribution in [0.2, 0.25) is 0 Å². The third-order valence-electron chi connectivity index (χ3n) is 2.57. The number of halogens is 1. The zero-order valence-corrected chi connectivity index (χ0v) is 10.8. The van der Waals surface area contributed by atoms with Crippen LogP contribution < -0.4 is 0 Å². The zero-order valence-electron chi connectivity index (χ0n) is 10.0. The molecule has 0 fully saturated rings. The van der Waals surface area contributed by atoms with Crippen LogP contribution in [0.15, 0.2) is 11.6 Å². The van der Waals surface area contributed by atoms with Gasteiger partial charge in [-0.05, 0) is 31.4 Å². The summed E-state index contributed by atoms with van der Waals surface area (Å²) in [5.74, 6) is 0. The fourth-order valence-electron chi connectivity index (χ4n) is 1.50. The van der Waals surface area contributed by atoms with Crippen LogP contribution in [0.1, 0.15) is 65.2 Å². The third-order valence-corrected chi connectivity index (χ3v) is 2.87. The van der Waals surface area contributed by atoms with E-state index in [1.54, 1.807) is 6.92 Å². The van der Waals surface area contributed by atoms with E-state index in [-0.39, 0.29) is 5.24 Å². The van der Waals surface area contributed by atoms with Gasteiger partial charge in [-0.15, -0.1) is 0 Å². The maximum absolute atomic E-state index is 10.7. The fraction of sp³-hybridized carbons (Fsp3) is 0.769. The van der Waals surface area contributed by atoms with Crippen molar-refractivity contribution in [2.45, 2.75) is 65.2 Å². The van der Waals surface area contributed by atoms with Gasteiger partial charge in [-0.3, -0.25) is 4.79 Å². The van der Waals surface area contributed by atoms with E-state index < -0.39 is 0 Å². The van der Waals surface area contributed by atoms with Gasteiger partial charge in [-0.2, -0.15) is 0 Å². The van der Waals surface area contributed by atoms with Gasteiger partial charge in [0.2, 0.25) is 5.24 Å². The second kappa shape index (κ2) is 10.2. The van der Waals surface area contributed by atoms with Crippen LogP contribution in [0.5, 0.6) is 0 Å². The Morgan fingerprint density at radius 1 is 1.07 bits per heavy atom. The van der Waals surface area contributed by atoms with Crippen LogP contribution in [0, 0.1) is 0 Å². The Labute approximate surface area is 98.9 Å². The first-order valence-electron chi connectivity index (χ1n) is 6.05. The summed E-state index contributed by atoms with van der Waals surface area (Å²) in [5, 5.41) is -0.321. The second-order valence-corrected chi connectivity index (χ2v) is 4.41. The molecule has 0 bridgehead atoms. The van der Waals surface area contributed by atoms with Crippen LogP contribution in [0.25, 0.3) is 0 Å². The minimum atomic E-state index is -0.321. The smallest absolute Gasteiger partial charge is 0.247 e. The van der Waals surface area contributed by atoms with Crippen LogP contribution in [0.3, 0.4) is 0 Å². The molecule has 0 aromatic heterocycles. The Balaban J connectivity index is 3.25. The SMILES string of the molecule is CCCCCCCCC/C=C(\C)C(=O)Cl. The van der Waals surface area contributed by atoms with E-state index in [0.717, 1.165) is 6.42 Å². The molecular formula is C13H23ClO. The number of unbranched alkanes of at least 4 members (excludes halogenated alkanes) is 7. The maximum Gasteiger partial charge on any atom is 0.247 e. The Kier molecular flexibility index (Phi) is 10.0. The van der Waals surface area contributed by atoms with E-state index in [1.165, 1.54) is 44.9 Å². The normalized spacial score (nSPS) is 11.8. The van der Waals surface area contributed by atoms with Crippen molar-refractivity contribution in [3.05, 3.63) is 11.6 Å². The predicted molar refractivity (Wildman–Crippen MR) is 67.2 cm³/mol. The van der Waals surface area contributed by atoms with Gasteiger partial charge in [0.25, 0.3) is 0 Å². The summed E-state index contributed by atoms with van der Waals surface area (Å²) < 4.78 is 0. The summed E-state index contributed by atoms with van der Waals surface area (Å²) in [6.45, 7) is 4.01. The fourth-order valence-corrected chi connectivity index (χ4v) is 1.58. The highest BCUT2D eigenvalue weighted by atomic mass is 35.5. The number of hydrogen-bond acceptors (Lipinski definition) is 1. The largest absolute Gasteiger partial charge is 0.276 e. The van der Waals surface area contributed by atoms with Gasteiger partial charge in [0.05, 0.1) is 0 Å². The minimum Gasteiger partial charge on any atom is -0.276 e. The average Bonchev–Trinajstić information content (AvgIpc) is 2.21. The van der Waals surface area contributed by atoms with Crippen molar-refractivity contribution in [2.75, 3.05) is 0 Å². The van der Waals surface area contributed by atoms with Crippen LogP contribution in [0.4, 0.5) is 0 Å². The van der Waals surface area contributed by atoms with Gasteiger partial charge in [-0.1, -0.05) is 51.5 Å². The van der Waals surface area contributed by atoms with E-state index >= 15 is 0 Å². The molecule has 2 heteroatoms. The van der Waals surface area contributed by atoms with E-state index in [2.05, 4.69) is 6.92 Å². The number of allylic oxidation sites excluding steroid dienone is 2. The van der Waals surface area contributed by atoms with Crippen molar-refractivity contribution in [3.8, 4) is 0 Å². The van der Waals surface area contributed by atoms with Gasteiger partial charge in [0.15, 0.2) is 0 Å². The molecule has 0 atom stereocenters. The molecule has 0 spiro atoms. The van der Waals surface area contributed by atoms with Crippen LogP contribution in [-0.2, 0) is 4.79 Å². The van der Waals surface area contributed by atoms with E-state index in [9.17, 15) is 4.79 Å². The monoisotopic (exact) mass is 230 g/mol. The lowest BCUT2D eigenvalue weighted by atomic mass is 10.1. The molecule has 0 radical (unpaired) electrons. The Morgan fingerprint density at radius 3 is 2.13 bits per heavy atom. The minimum absolute atomic E-state index is 0.321. The molecule has 0 amide bonds. The van der Waals surface area contributed by atoms with Gasteiger partial charge in [-0.25, -0.2) is 0 Å². The molecule has 0 heterocycles. The van der Waals surface area contributed by atoms with Gasteiger partial charge < -0.3 is 0 Å². The molecule has 0 aromatic carbocycles. The topological polar surface area (TPSA) is 17.1 Å². The first-order chi connectivity index (χ1) is 7.18. The van der Waals surface area contributed by atoms with Crippen LogP contribution in [-0.4, -0.2) is 5.24 Å². The highest BCUT2D eigenvalue weighted by Crippen LogP contribution is 2.10. The number of rotatable bonds is 9. The first kappa shape index (κ1) is 14.7. The van der Waals surface area contributed by atoms with E-state index in [0.29, 0.717) is 5.57 Å². The second-order valence-electron chi connectivity index (χ2n) is 4.07. The van der Waals surface area contributed by atoms with Crippen molar-refractivity contribution in [1.82, 2.24) is 0 Å². The molecule has 0 unspecified atom stereocenters. The molecule has 0 N–H and O–H groups in total. The van der Waals surface area contributed by atoms with Crippen molar-refractivity contribution in [2.24, 2.45) is 0 Å². The highest BCUT2D eigenvalue weighted by Gasteiger charge is 1.97. The highest BCUT2D eigenvalue weighted by molar-refractivity contribution is 6.67. The van der Waals surface area contributed by atoms with Gasteiger partial charge in [0.1, 0.15) is 0 Å². The molecule has 0 aromatic rings. The average molecular weight is 231 g/mol. The van der Waals surface area contributed by atoms with Crippen molar-refractivity contribution in [1.29, 1.82) is 0 Å². The third kappa shape index (κ3) is 9.99. The molecule has 0 aliphatic carbocycles. The van der Waals surface area contributed by atoms with Gasteiger partial charge >= 0.3 is 0 Å².